The molecule has 0 N–H and O–H groups in total. The molecule has 2 aromatic rings. The quantitative estimate of drug-likeness (QED) is 0.543. The first-order valence-electron chi connectivity index (χ1n) is 5.45. The number of hydrogen-bond acceptors (Lipinski definition) is 2. The van der Waals surface area contributed by atoms with Gasteiger partial charge in [0.15, 0.2) is 6.29 Å². The lowest BCUT2D eigenvalue weighted by Crippen LogP contribution is -2.11. The lowest BCUT2D eigenvalue weighted by Gasteiger charge is -2.14. The number of carbonyl (C=O) groups is 1. The number of aldehydes is 1. The molecule has 1 aromatic heterocycles. The fourth-order valence-electron chi connectivity index (χ4n) is 1.76. The largest absolute Gasteiger partial charge is 0.416 e. The molecule has 0 spiro atoms. The van der Waals surface area contributed by atoms with Crippen LogP contribution in [0.2, 0.25) is 0 Å². The highest BCUT2D eigenvalue weighted by atomic mass is 32.1. The molecule has 2 rings (SSSR count). The van der Waals surface area contributed by atoms with Crippen LogP contribution in [0, 0.1) is 0 Å². The molecule has 112 valence electrons. The smallest absolute Gasteiger partial charge is 0.297 e. The van der Waals surface area contributed by atoms with Crippen molar-refractivity contribution in [1.82, 2.24) is 0 Å². The summed E-state index contributed by atoms with van der Waals surface area (Å²) in [6, 6.07) is 2.56. The van der Waals surface area contributed by atoms with Crippen molar-refractivity contribution in [1.29, 1.82) is 0 Å². The van der Waals surface area contributed by atoms with Gasteiger partial charge in [-0.1, -0.05) is 0 Å². The Hall–Kier alpha value is -1.83. The Morgan fingerprint density at radius 2 is 1.43 bits per heavy atom. The van der Waals surface area contributed by atoms with Crippen LogP contribution in [0.25, 0.3) is 11.1 Å². The Balaban J connectivity index is 2.69. The van der Waals surface area contributed by atoms with Crippen molar-refractivity contribution < 1.29 is 31.1 Å². The predicted molar refractivity (Wildman–Crippen MR) is 65.1 cm³/mol. The zero-order chi connectivity index (χ0) is 15.8. The van der Waals surface area contributed by atoms with E-state index in [1.54, 1.807) is 0 Å². The van der Waals surface area contributed by atoms with Gasteiger partial charge in [-0.05, 0) is 35.2 Å². The molecular formula is C13H6F6OS. The first kappa shape index (κ1) is 15.6. The predicted octanol–water partition coefficient (Wildman–Crippen LogP) is 5.27. The molecular weight excluding hydrogens is 318 g/mol. The molecule has 21 heavy (non-hydrogen) atoms. The number of hydrogen-bond donors (Lipinski definition) is 0. The van der Waals surface area contributed by atoms with Gasteiger partial charge in [0.2, 0.25) is 0 Å². The second-order valence-corrected chi connectivity index (χ2v) is 5.06. The average Bonchev–Trinajstić information content (AvgIpc) is 2.84. The fraction of sp³-hybridized carbons (Fsp3) is 0.154. The molecule has 0 radical (unpaired) electrons. The van der Waals surface area contributed by atoms with E-state index in [0.29, 0.717) is 18.4 Å². The summed E-state index contributed by atoms with van der Waals surface area (Å²) in [5.41, 5.74) is -3.06. The molecule has 8 heteroatoms. The third kappa shape index (κ3) is 3.26. The standard InChI is InChI=1S/C13H6F6OS/c14-12(15,16)8-3-7(4-9(5-8)13(17,18)19)10-1-2-21-11(10)6-20/h1-6H. The summed E-state index contributed by atoms with van der Waals surface area (Å²) in [7, 11) is 0. The van der Waals surface area contributed by atoms with Crippen LogP contribution in [0.1, 0.15) is 20.8 Å². The minimum absolute atomic E-state index is 0.0478. The lowest BCUT2D eigenvalue weighted by molar-refractivity contribution is -0.143. The Morgan fingerprint density at radius 1 is 0.905 bits per heavy atom. The topological polar surface area (TPSA) is 17.1 Å². The molecule has 1 nitrogen and oxygen atoms in total. The van der Waals surface area contributed by atoms with E-state index in [0.717, 1.165) is 11.3 Å². The second kappa shape index (κ2) is 5.18. The van der Waals surface area contributed by atoms with E-state index < -0.39 is 23.5 Å². The molecule has 0 atom stereocenters. The summed E-state index contributed by atoms with van der Waals surface area (Å²) in [5, 5.41) is 1.42. The minimum Gasteiger partial charge on any atom is -0.297 e. The van der Waals surface area contributed by atoms with Crippen molar-refractivity contribution in [2.24, 2.45) is 0 Å². The zero-order valence-electron chi connectivity index (χ0n) is 10.0. The normalized spacial score (nSPS) is 12.5. The zero-order valence-corrected chi connectivity index (χ0v) is 10.9. The summed E-state index contributed by atoms with van der Waals surface area (Å²) in [6.45, 7) is 0. The van der Waals surface area contributed by atoms with Crippen molar-refractivity contribution in [3.05, 3.63) is 45.6 Å². The number of carbonyl (C=O) groups excluding carboxylic acids is 1. The molecule has 0 aliphatic carbocycles. The van der Waals surface area contributed by atoms with Crippen LogP contribution in [0.4, 0.5) is 26.3 Å². The molecule has 0 saturated carbocycles. The maximum Gasteiger partial charge on any atom is 0.416 e. The van der Waals surface area contributed by atoms with Gasteiger partial charge in [0.05, 0.1) is 16.0 Å². The summed E-state index contributed by atoms with van der Waals surface area (Å²) in [6.07, 6.45) is -9.42. The van der Waals surface area contributed by atoms with Crippen LogP contribution >= 0.6 is 11.3 Å². The Kier molecular flexibility index (Phi) is 3.83. The molecule has 0 bridgehead atoms. The molecule has 0 fully saturated rings. The Labute approximate surface area is 118 Å². The molecule has 1 aromatic carbocycles. The Bertz CT molecular complexity index is 636. The summed E-state index contributed by atoms with van der Waals surface area (Å²) in [4.78, 5) is 10.9. The first-order valence-corrected chi connectivity index (χ1v) is 6.33. The van der Waals surface area contributed by atoms with E-state index in [-0.39, 0.29) is 22.1 Å². The van der Waals surface area contributed by atoms with Crippen LogP contribution in [-0.4, -0.2) is 6.29 Å². The average molecular weight is 324 g/mol. The first-order chi connectivity index (χ1) is 9.63. The van der Waals surface area contributed by atoms with Crippen LogP contribution in [-0.2, 0) is 12.4 Å². The second-order valence-electron chi connectivity index (χ2n) is 4.11. The lowest BCUT2D eigenvalue weighted by atomic mass is 9.99. The molecule has 0 amide bonds. The maximum absolute atomic E-state index is 12.7. The highest BCUT2D eigenvalue weighted by Crippen LogP contribution is 2.39. The van der Waals surface area contributed by atoms with Crippen molar-refractivity contribution in [3.63, 3.8) is 0 Å². The van der Waals surface area contributed by atoms with E-state index in [9.17, 15) is 31.1 Å². The van der Waals surface area contributed by atoms with Gasteiger partial charge < -0.3 is 0 Å². The van der Waals surface area contributed by atoms with Gasteiger partial charge in [-0.25, -0.2) is 0 Å². The van der Waals surface area contributed by atoms with E-state index in [1.807, 2.05) is 0 Å². The monoisotopic (exact) mass is 324 g/mol. The molecule has 0 unspecified atom stereocenters. The third-order valence-corrected chi connectivity index (χ3v) is 3.54. The molecule has 0 saturated heterocycles. The van der Waals surface area contributed by atoms with Crippen LogP contribution in [0.15, 0.2) is 29.6 Å². The number of rotatable bonds is 2. The van der Waals surface area contributed by atoms with Gasteiger partial charge >= 0.3 is 12.4 Å². The third-order valence-electron chi connectivity index (χ3n) is 2.70. The fourth-order valence-corrected chi connectivity index (χ4v) is 2.48. The van der Waals surface area contributed by atoms with Crippen LogP contribution in [0.3, 0.4) is 0 Å². The highest BCUT2D eigenvalue weighted by Gasteiger charge is 2.37. The summed E-state index contributed by atoms with van der Waals surface area (Å²) in [5.74, 6) is 0. The molecule has 1 heterocycles. The van der Waals surface area contributed by atoms with Crippen molar-refractivity contribution in [2.45, 2.75) is 12.4 Å². The van der Waals surface area contributed by atoms with E-state index in [4.69, 9.17) is 0 Å². The van der Waals surface area contributed by atoms with Crippen molar-refractivity contribution in [2.75, 3.05) is 0 Å². The summed E-state index contributed by atoms with van der Waals surface area (Å²) >= 11 is 0.941. The summed E-state index contributed by atoms with van der Waals surface area (Å²) < 4.78 is 76.4. The SMILES string of the molecule is O=Cc1sccc1-c1cc(C(F)(F)F)cc(C(F)(F)F)c1. The molecule has 0 aliphatic rings. The van der Waals surface area contributed by atoms with Gasteiger partial charge in [0, 0.05) is 5.56 Å². The van der Waals surface area contributed by atoms with Gasteiger partial charge in [-0.3, -0.25) is 4.79 Å². The van der Waals surface area contributed by atoms with E-state index >= 15 is 0 Å². The van der Waals surface area contributed by atoms with E-state index in [2.05, 4.69) is 0 Å². The Morgan fingerprint density at radius 3 is 1.86 bits per heavy atom. The van der Waals surface area contributed by atoms with Crippen LogP contribution in [0.5, 0.6) is 0 Å². The number of benzene rings is 1. The van der Waals surface area contributed by atoms with Gasteiger partial charge in [-0.2, -0.15) is 26.3 Å². The van der Waals surface area contributed by atoms with E-state index in [1.165, 1.54) is 11.4 Å². The van der Waals surface area contributed by atoms with Crippen LogP contribution < -0.4 is 0 Å². The number of alkyl halides is 6. The number of thiophene rings is 1. The van der Waals surface area contributed by atoms with Crippen molar-refractivity contribution >= 4 is 17.6 Å². The van der Waals surface area contributed by atoms with Gasteiger partial charge in [0.25, 0.3) is 0 Å². The van der Waals surface area contributed by atoms with Gasteiger partial charge in [0.1, 0.15) is 0 Å². The van der Waals surface area contributed by atoms with Gasteiger partial charge in [-0.15, -0.1) is 11.3 Å². The molecule has 0 aliphatic heterocycles. The van der Waals surface area contributed by atoms with Crippen molar-refractivity contribution in [3.8, 4) is 11.1 Å². The number of halogens is 6. The minimum atomic E-state index is -4.91. The highest BCUT2D eigenvalue weighted by molar-refractivity contribution is 7.12. The maximum atomic E-state index is 12.7.